The molecular weight excluding hydrogens is 332 g/mol. The lowest BCUT2D eigenvalue weighted by Gasteiger charge is -2.25. The fourth-order valence-electron chi connectivity index (χ4n) is 3.63. The van der Waals surface area contributed by atoms with Crippen molar-refractivity contribution in [2.45, 2.75) is 33.1 Å². The zero-order chi connectivity index (χ0) is 18.4. The topological polar surface area (TPSA) is 72.8 Å². The van der Waals surface area contributed by atoms with Gasteiger partial charge >= 0.3 is 0 Å². The molecule has 1 aliphatic heterocycles. The molecule has 0 atom stereocenters. The average molecular weight is 354 g/mol. The molecule has 0 radical (unpaired) electrons. The number of carbonyl (C=O) groups is 1. The molecule has 0 aromatic carbocycles. The summed E-state index contributed by atoms with van der Waals surface area (Å²) >= 11 is 0. The molecule has 0 unspecified atom stereocenters. The van der Waals surface area contributed by atoms with Crippen molar-refractivity contribution < 1.29 is 9.21 Å². The molecule has 26 heavy (non-hydrogen) atoms. The van der Waals surface area contributed by atoms with Gasteiger partial charge in [-0.3, -0.25) is 14.0 Å². The molecule has 3 aromatic rings. The molecule has 0 N–H and O–H groups in total. The summed E-state index contributed by atoms with van der Waals surface area (Å²) in [6.45, 7) is 5.25. The summed E-state index contributed by atoms with van der Waals surface area (Å²) in [6, 6.07) is 1.91. The van der Waals surface area contributed by atoms with Gasteiger partial charge in [0.2, 0.25) is 5.65 Å². The predicted molar refractivity (Wildman–Crippen MR) is 97.4 cm³/mol. The predicted octanol–water partition coefficient (Wildman–Crippen LogP) is 2.54. The van der Waals surface area contributed by atoms with Gasteiger partial charge in [-0.15, -0.1) is 0 Å². The number of likely N-dealkylation sites (tertiary alicyclic amines) is 1. The number of amides is 1. The Bertz CT molecular complexity index is 1050. The third-order valence-electron chi connectivity index (χ3n) is 5.03. The number of hydrogen-bond acceptors (Lipinski definition) is 4. The Hall–Kier alpha value is -2.83. The summed E-state index contributed by atoms with van der Waals surface area (Å²) < 4.78 is 8.80. The van der Waals surface area contributed by atoms with Crippen molar-refractivity contribution in [3.8, 4) is 11.3 Å². The lowest BCUT2D eigenvalue weighted by molar-refractivity contribution is 0.0719. The number of piperidine rings is 1. The van der Waals surface area contributed by atoms with Crippen molar-refractivity contribution in [2.24, 2.45) is 7.05 Å². The van der Waals surface area contributed by atoms with Gasteiger partial charge in [-0.05, 0) is 39.2 Å². The van der Waals surface area contributed by atoms with Crippen LogP contribution in [0.2, 0.25) is 0 Å². The van der Waals surface area contributed by atoms with Gasteiger partial charge < -0.3 is 13.9 Å². The number of carbonyl (C=O) groups excluding carboxylic acids is 1. The van der Waals surface area contributed by atoms with E-state index in [1.807, 2.05) is 31.0 Å². The summed E-state index contributed by atoms with van der Waals surface area (Å²) in [5.41, 5.74) is 1.93. The minimum Gasteiger partial charge on any atom is -0.466 e. The van der Waals surface area contributed by atoms with Gasteiger partial charge in [0, 0.05) is 38.1 Å². The van der Waals surface area contributed by atoms with Crippen molar-refractivity contribution in [1.29, 1.82) is 0 Å². The number of aromatic nitrogens is 3. The van der Waals surface area contributed by atoms with Crippen LogP contribution in [-0.2, 0) is 7.05 Å². The fraction of sp³-hybridized carbons (Fsp3) is 0.421. The van der Waals surface area contributed by atoms with E-state index in [0.29, 0.717) is 5.69 Å². The van der Waals surface area contributed by atoms with Crippen molar-refractivity contribution >= 4 is 11.6 Å². The van der Waals surface area contributed by atoms with Crippen LogP contribution >= 0.6 is 0 Å². The monoisotopic (exact) mass is 354 g/mol. The second-order valence-electron chi connectivity index (χ2n) is 6.92. The standard InChI is InChI=1S/C19H22N4O3/c1-12-9-14(13(2)26-12)16-11-23-10-15(20-17(23)19(25)21(16)3)18(24)22-7-5-4-6-8-22/h9-11H,4-8H2,1-3H3. The minimum atomic E-state index is -0.238. The van der Waals surface area contributed by atoms with Crippen LogP contribution in [0.25, 0.3) is 16.9 Å². The molecule has 0 spiro atoms. The molecule has 1 fully saturated rings. The molecular formula is C19H22N4O3. The van der Waals surface area contributed by atoms with E-state index in [4.69, 9.17) is 4.42 Å². The van der Waals surface area contributed by atoms with Gasteiger partial charge in [0.15, 0.2) is 0 Å². The molecule has 3 aromatic heterocycles. The summed E-state index contributed by atoms with van der Waals surface area (Å²) in [5.74, 6) is 1.44. The van der Waals surface area contributed by atoms with Crippen LogP contribution in [0.1, 0.15) is 41.3 Å². The Morgan fingerprint density at radius 1 is 1.15 bits per heavy atom. The maximum Gasteiger partial charge on any atom is 0.294 e. The Balaban J connectivity index is 1.81. The van der Waals surface area contributed by atoms with Crippen LogP contribution in [0.3, 0.4) is 0 Å². The summed E-state index contributed by atoms with van der Waals surface area (Å²) in [4.78, 5) is 31.6. The molecule has 1 saturated heterocycles. The first kappa shape index (κ1) is 16.6. The molecule has 4 rings (SSSR count). The smallest absolute Gasteiger partial charge is 0.294 e. The highest BCUT2D eigenvalue weighted by Crippen LogP contribution is 2.25. The number of fused-ring (bicyclic) bond motifs is 1. The number of nitrogens with zero attached hydrogens (tertiary/aromatic N) is 4. The van der Waals surface area contributed by atoms with Gasteiger partial charge in [-0.25, -0.2) is 4.98 Å². The Morgan fingerprint density at radius 3 is 2.54 bits per heavy atom. The Labute approximate surface area is 150 Å². The summed E-state index contributed by atoms with van der Waals surface area (Å²) in [7, 11) is 1.71. The van der Waals surface area contributed by atoms with Gasteiger partial charge in [0.05, 0.1) is 5.69 Å². The normalized spacial score (nSPS) is 15.0. The van der Waals surface area contributed by atoms with E-state index in [9.17, 15) is 9.59 Å². The quantitative estimate of drug-likeness (QED) is 0.709. The first-order chi connectivity index (χ1) is 12.5. The number of rotatable bonds is 2. The third-order valence-corrected chi connectivity index (χ3v) is 5.03. The second kappa shape index (κ2) is 6.16. The highest BCUT2D eigenvalue weighted by Gasteiger charge is 2.22. The van der Waals surface area contributed by atoms with Crippen LogP contribution in [0.4, 0.5) is 0 Å². The molecule has 0 saturated carbocycles. The van der Waals surface area contributed by atoms with Gasteiger partial charge in [0.25, 0.3) is 11.5 Å². The van der Waals surface area contributed by atoms with E-state index in [1.54, 1.807) is 22.2 Å². The van der Waals surface area contributed by atoms with Crippen LogP contribution in [0.15, 0.2) is 27.7 Å². The lowest BCUT2D eigenvalue weighted by atomic mass is 10.1. The highest BCUT2D eigenvalue weighted by atomic mass is 16.3. The number of hydrogen-bond donors (Lipinski definition) is 0. The first-order valence-electron chi connectivity index (χ1n) is 8.91. The maximum absolute atomic E-state index is 12.8. The maximum atomic E-state index is 12.8. The van der Waals surface area contributed by atoms with Gasteiger partial charge in [-0.1, -0.05) is 0 Å². The zero-order valence-corrected chi connectivity index (χ0v) is 15.3. The van der Waals surface area contributed by atoms with Crippen molar-refractivity contribution in [3.63, 3.8) is 0 Å². The van der Waals surface area contributed by atoms with Crippen LogP contribution in [-0.4, -0.2) is 37.8 Å². The van der Waals surface area contributed by atoms with E-state index in [1.165, 1.54) is 0 Å². The first-order valence-corrected chi connectivity index (χ1v) is 8.91. The van der Waals surface area contributed by atoms with Crippen molar-refractivity contribution in [2.75, 3.05) is 13.1 Å². The Morgan fingerprint density at radius 2 is 1.88 bits per heavy atom. The largest absolute Gasteiger partial charge is 0.466 e. The molecule has 1 amide bonds. The second-order valence-corrected chi connectivity index (χ2v) is 6.92. The lowest BCUT2D eigenvalue weighted by Crippen LogP contribution is -2.35. The van der Waals surface area contributed by atoms with Gasteiger partial charge in [-0.2, -0.15) is 0 Å². The summed E-state index contributed by atoms with van der Waals surface area (Å²) in [5, 5.41) is 0. The van der Waals surface area contributed by atoms with E-state index in [-0.39, 0.29) is 17.1 Å². The highest BCUT2D eigenvalue weighted by molar-refractivity contribution is 5.93. The number of aryl methyl sites for hydroxylation is 2. The molecule has 0 aliphatic carbocycles. The molecule has 0 bridgehead atoms. The number of furan rings is 1. The molecule has 4 heterocycles. The number of imidazole rings is 1. The van der Waals surface area contributed by atoms with Crippen LogP contribution in [0.5, 0.6) is 0 Å². The summed E-state index contributed by atoms with van der Waals surface area (Å²) in [6.07, 6.45) is 6.67. The van der Waals surface area contributed by atoms with Crippen molar-refractivity contribution in [1.82, 2.24) is 18.9 Å². The fourth-order valence-corrected chi connectivity index (χ4v) is 3.63. The Kier molecular flexibility index (Phi) is 3.94. The molecule has 7 heteroatoms. The van der Waals surface area contributed by atoms with E-state index < -0.39 is 0 Å². The minimum absolute atomic E-state index is 0.104. The van der Waals surface area contributed by atoms with Gasteiger partial charge in [0.1, 0.15) is 17.2 Å². The van der Waals surface area contributed by atoms with E-state index in [2.05, 4.69) is 4.98 Å². The van der Waals surface area contributed by atoms with E-state index in [0.717, 1.165) is 55.1 Å². The molecule has 1 aliphatic rings. The molecule has 136 valence electrons. The van der Waals surface area contributed by atoms with E-state index >= 15 is 0 Å². The SMILES string of the molecule is Cc1cc(-c2cn3cc(C(=O)N4CCCCC4)nc3c(=O)n2C)c(C)o1. The van der Waals surface area contributed by atoms with Crippen LogP contribution < -0.4 is 5.56 Å². The van der Waals surface area contributed by atoms with Crippen LogP contribution in [0, 0.1) is 13.8 Å². The molecule has 7 nitrogen and oxygen atoms in total. The zero-order valence-electron chi connectivity index (χ0n) is 15.3. The average Bonchev–Trinajstić information content (AvgIpc) is 3.21. The third kappa shape index (κ3) is 2.64. The van der Waals surface area contributed by atoms with Crippen molar-refractivity contribution in [3.05, 3.63) is 46.0 Å².